The minimum absolute atomic E-state index is 0.0138. The van der Waals surface area contributed by atoms with Crippen molar-refractivity contribution in [3.8, 4) is 0 Å². The van der Waals surface area contributed by atoms with E-state index in [-0.39, 0.29) is 24.1 Å². The Morgan fingerprint density at radius 2 is 1.54 bits per heavy atom. The van der Waals surface area contributed by atoms with Crippen LogP contribution >= 0.6 is 0 Å². The van der Waals surface area contributed by atoms with Crippen molar-refractivity contribution in [2.45, 2.75) is 70.5 Å². The summed E-state index contributed by atoms with van der Waals surface area (Å²) >= 11 is 0. The average molecular weight is 373 g/mol. The lowest BCUT2D eigenvalue weighted by Crippen LogP contribution is -2.49. The number of carboxylic acids is 2. The van der Waals surface area contributed by atoms with E-state index in [4.69, 9.17) is 10.2 Å². The molecule has 0 aliphatic carbocycles. The monoisotopic (exact) mass is 373 g/mol. The van der Waals surface area contributed by atoms with Gasteiger partial charge in [0.25, 0.3) is 0 Å². The first-order valence-corrected chi connectivity index (χ1v) is 8.57. The van der Waals surface area contributed by atoms with Crippen LogP contribution in [0.5, 0.6) is 0 Å². The summed E-state index contributed by atoms with van der Waals surface area (Å²) in [6.45, 7) is 10.4. The number of carboxylic acid groups (broad SMARTS) is 2. The van der Waals surface area contributed by atoms with Gasteiger partial charge in [0.2, 0.25) is 0 Å². The summed E-state index contributed by atoms with van der Waals surface area (Å²) in [6.07, 6.45) is 1.38. The van der Waals surface area contributed by atoms with Gasteiger partial charge in [-0.15, -0.1) is 0 Å². The highest BCUT2D eigenvalue weighted by Crippen LogP contribution is 2.08. The second kappa shape index (κ2) is 11.3. The number of carbonyl (C=O) groups excluding carboxylic acids is 1. The molecule has 26 heavy (non-hydrogen) atoms. The minimum Gasteiger partial charge on any atom is -0.511 e. The van der Waals surface area contributed by atoms with Gasteiger partial charge in [-0.05, 0) is 53.0 Å². The van der Waals surface area contributed by atoms with E-state index in [1.54, 1.807) is 0 Å². The van der Waals surface area contributed by atoms with Gasteiger partial charge in [0.05, 0.1) is 6.04 Å². The van der Waals surface area contributed by atoms with E-state index in [0.717, 1.165) is 19.4 Å². The number of urea groups is 1. The summed E-state index contributed by atoms with van der Waals surface area (Å²) in [5.74, 6) is -2.70. The van der Waals surface area contributed by atoms with E-state index in [2.05, 4.69) is 43.3 Å². The summed E-state index contributed by atoms with van der Waals surface area (Å²) in [5, 5.41) is 35.3. The third kappa shape index (κ3) is 12.1. The molecule has 0 saturated carbocycles. The van der Waals surface area contributed by atoms with Crippen LogP contribution < -0.4 is 16.0 Å². The van der Waals surface area contributed by atoms with Crippen molar-refractivity contribution in [2.24, 2.45) is 0 Å². The summed E-state index contributed by atoms with van der Waals surface area (Å²) in [6, 6.07) is -2.83. The highest BCUT2D eigenvalue weighted by atomic mass is 16.4. The minimum atomic E-state index is -1.32. The fourth-order valence-corrected chi connectivity index (χ4v) is 2.14. The van der Waals surface area contributed by atoms with Crippen LogP contribution in [0.1, 0.15) is 52.9 Å². The first kappa shape index (κ1) is 23.7. The Labute approximate surface area is 153 Å². The van der Waals surface area contributed by atoms with Gasteiger partial charge in [0.1, 0.15) is 11.8 Å². The highest BCUT2D eigenvalue weighted by molar-refractivity contribution is 5.83. The second-order valence-electron chi connectivity index (χ2n) is 7.16. The van der Waals surface area contributed by atoms with Gasteiger partial charge >= 0.3 is 18.0 Å². The van der Waals surface area contributed by atoms with E-state index >= 15 is 0 Å². The number of nitrogens with one attached hydrogen (secondary N) is 3. The standard InChI is InChI=1S/C17H31N3O6/c1-11(21)12(7-5-6-10-18-17(2,3)4)19-16(26)20-13(15(24)25)8-9-14(22)23/h12-13,18,21H,1,5-10H2,2-4H3,(H,22,23)(H,24,25)(H2,19,20,26). The number of amides is 2. The fraction of sp³-hybridized carbons (Fsp3) is 0.706. The van der Waals surface area contributed by atoms with Gasteiger partial charge in [-0.25, -0.2) is 9.59 Å². The third-order valence-corrected chi connectivity index (χ3v) is 3.53. The molecule has 2 amide bonds. The van der Waals surface area contributed by atoms with Crippen molar-refractivity contribution in [1.29, 1.82) is 0 Å². The number of carbonyl (C=O) groups is 3. The molecule has 0 saturated heterocycles. The maximum absolute atomic E-state index is 11.9. The van der Waals surface area contributed by atoms with E-state index in [1.807, 2.05) is 0 Å². The summed E-state index contributed by atoms with van der Waals surface area (Å²) in [7, 11) is 0. The second-order valence-corrected chi connectivity index (χ2v) is 7.16. The molecule has 0 aromatic carbocycles. The van der Waals surface area contributed by atoms with Crippen molar-refractivity contribution >= 4 is 18.0 Å². The van der Waals surface area contributed by atoms with Crippen LogP contribution in [0.3, 0.4) is 0 Å². The number of aliphatic hydroxyl groups is 1. The zero-order valence-corrected chi connectivity index (χ0v) is 15.7. The fourth-order valence-electron chi connectivity index (χ4n) is 2.14. The number of aliphatic hydroxyl groups excluding tert-OH is 1. The van der Waals surface area contributed by atoms with E-state index in [9.17, 15) is 19.5 Å². The number of rotatable bonds is 12. The van der Waals surface area contributed by atoms with E-state index in [0.29, 0.717) is 6.42 Å². The Morgan fingerprint density at radius 3 is 2.00 bits per heavy atom. The Bertz CT molecular complexity index is 501. The molecule has 9 heteroatoms. The molecule has 0 aliphatic heterocycles. The molecule has 0 aromatic rings. The molecule has 2 atom stereocenters. The zero-order valence-electron chi connectivity index (χ0n) is 15.7. The molecule has 0 spiro atoms. The van der Waals surface area contributed by atoms with Gasteiger partial charge in [0.15, 0.2) is 0 Å². The summed E-state index contributed by atoms with van der Waals surface area (Å²) in [4.78, 5) is 33.6. The summed E-state index contributed by atoms with van der Waals surface area (Å²) in [5.41, 5.74) is 0.0138. The summed E-state index contributed by atoms with van der Waals surface area (Å²) < 4.78 is 0. The number of aliphatic carboxylic acids is 2. The molecule has 0 aromatic heterocycles. The van der Waals surface area contributed by atoms with Crippen molar-refractivity contribution in [1.82, 2.24) is 16.0 Å². The van der Waals surface area contributed by atoms with Crippen LogP contribution in [-0.4, -0.2) is 57.5 Å². The predicted octanol–water partition coefficient (Wildman–Crippen LogP) is 1.60. The van der Waals surface area contributed by atoms with E-state index < -0.39 is 30.1 Å². The van der Waals surface area contributed by atoms with Gasteiger partial charge in [-0.2, -0.15) is 0 Å². The maximum Gasteiger partial charge on any atom is 0.326 e. The molecule has 0 bridgehead atoms. The molecule has 0 radical (unpaired) electrons. The molecule has 150 valence electrons. The van der Waals surface area contributed by atoms with Gasteiger partial charge in [-0.1, -0.05) is 6.58 Å². The zero-order chi connectivity index (χ0) is 20.3. The molecule has 0 fully saturated rings. The lowest BCUT2D eigenvalue weighted by atomic mass is 10.1. The third-order valence-electron chi connectivity index (χ3n) is 3.53. The molecular formula is C17H31N3O6. The molecule has 9 nitrogen and oxygen atoms in total. The molecule has 0 heterocycles. The molecule has 6 N–H and O–H groups in total. The predicted molar refractivity (Wildman–Crippen MR) is 97.1 cm³/mol. The van der Waals surface area contributed by atoms with Crippen LogP contribution in [0.15, 0.2) is 12.3 Å². The van der Waals surface area contributed by atoms with Crippen LogP contribution in [-0.2, 0) is 9.59 Å². The smallest absolute Gasteiger partial charge is 0.326 e. The number of unbranched alkanes of at least 4 members (excludes halogenated alkanes) is 1. The number of hydrogen-bond donors (Lipinski definition) is 6. The molecule has 0 rings (SSSR count). The van der Waals surface area contributed by atoms with Gasteiger partial charge < -0.3 is 31.3 Å². The lowest BCUT2D eigenvalue weighted by Gasteiger charge is -2.22. The Kier molecular flexibility index (Phi) is 10.3. The Morgan fingerprint density at radius 1 is 0.962 bits per heavy atom. The quantitative estimate of drug-likeness (QED) is 0.225. The lowest BCUT2D eigenvalue weighted by molar-refractivity contribution is -0.140. The average Bonchev–Trinajstić information content (AvgIpc) is 2.48. The van der Waals surface area contributed by atoms with Crippen LogP contribution in [0.4, 0.5) is 4.79 Å². The van der Waals surface area contributed by atoms with E-state index in [1.165, 1.54) is 0 Å². The van der Waals surface area contributed by atoms with Gasteiger partial charge in [-0.3, -0.25) is 4.79 Å². The van der Waals surface area contributed by atoms with Crippen molar-refractivity contribution in [3.63, 3.8) is 0 Å². The first-order valence-electron chi connectivity index (χ1n) is 8.57. The molecule has 2 unspecified atom stereocenters. The van der Waals surface area contributed by atoms with Gasteiger partial charge in [0, 0.05) is 12.0 Å². The molecule has 0 aliphatic rings. The Balaban J connectivity index is 4.41. The topological polar surface area (TPSA) is 148 Å². The SMILES string of the molecule is C=C(O)C(CCCCNC(C)(C)C)NC(=O)NC(CCC(=O)O)C(=O)O. The van der Waals surface area contributed by atoms with Crippen LogP contribution in [0.2, 0.25) is 0 Å². The number of hydrogen-bond acceptors (Lipinski definition) is 5. The first-order chi connectivity index (χ1) is 11.9. The van der Waals surface area contributed by atoms with Crippen LogP contribution in [0.25, 0.3) is 0 Å². The molecular weight excluding hydrogens is 342 g/mol. The Hall–Kier alpha value is -2.29. The van der Waals surface area contributed by atoms with Crippen molar-refractivity contribution < 1.29 is 29.7 Å². The largest absolute Gasteiger partial charge is 0.511 e. The normalized spacial score (nSPS) is 13.5. The maximum atomic E-state index is 11.9. The van der Waals surface area contributed by atoms with Crippen molar-refractivity contribution in [3.05, 3.63) is 12.3 Å². The van der Waals surface area contributed by atoms with Crippen LogP contribution in [0, 0.1) is 0 Å². The van der Waals surface area contributed by atoms with Crippen molar-refractivity contribution in [2.75, 3.05) is 6.54 Å². The highest BCUT2D eigenvalue weighted by Gasteiger charge is 2.23.